The molecule has 3 nitrogen and oxygen atoms in total. The van der Waals surface area contributed by atoms with Crippen LogP contribution in [-0.4, -0.2) is 0 Å². The Labute approximate surface area is 170 Å². The van der Waals surface area contributed by atoms with Gasteiger partial charge in [0.1, 0.15) is 0 Å². The van der Waals surface area contributed by atoms with E-state index in [1.165, 1.54) is 0 Å². The quantitative estimate of drug-likeness (QED) is 0.420. The molecule has 0 saturated heterocycles. The van der Waals surface area contributed by atoms with Crippen LogP contribution in [0.2, 0.25) is 0 Å². The molecule has 29 heavy (non-hydrogen) atoms. The third-order valence-electron chi connectivity index (χ3n) is 4.61. The Kier molecular flexibility index (Phi) is 5.65. The summed E-state index contributed by atoms with van der Waals surface area (Å²) in [6.45, 7) is 0. The normalized spacial score (nSPS) is 11.9. The molecule has 5 heteroatoms. The molecule has 4 aromatic carbocycles. The molecule has 0 atom stereocenters. The first-order valence-corrected chi connectivity index (χ1v) is 12.5. The Balaban J connectivity index is 1.93. The van der Waals surface area contributed by atoms with Gasteiger partial charge in [-0.1, -0.05) is 72.8 Å². The summed E-state index contributed by atoms with van der Waals surface area (Å²) in [6, 6.07) is 36.0. The molecule has 0 amide bonds. The average Bonchev–Trinajstić information content (AvgIpc) is 2.81. The predicted octanol–water partition coefficient (Wildman–Crippen LogP) is 4.86. The fourth-order valence-corrected chi connectivity index (χ4v) is 8.80. The van der Waals surface area contributed by atoms with Gasteiger partial charge >= 0.3 is 0 Å². The zero-order valence-corrected chi connectivity index (χ0v) is 17.5. The van der Waals surface area contributed by atoms with Gasteiger partial charge in [0.05, 0.1) is 0 Å². The monoisotopic (exact) mass is 418 g/mol. The van der Waals surface area contributed by atoms with Crippen LogP contribution in [0.3, 0.4) is 0 Å². The van der Waals surface area contributed by atoms with Crippen LogP contribution in [0.1, 0.15) is 0 Å². The summed E-state index contributed by atoms with van der Waals surface area (Å²) < 4.78 is 35.0. The molecule has 0 aromatic heterocycles. The van der Waals surface area contributed by atoms with Crippen molar-refractivity contribution in [2.75, 3.05) is 0 Å². The van der Waals surface area contributed by atoms with Crippen LogP contribution < -0.4 is 21.2 Å². The molecule has 0 saturated carbocycles. The van der Waals surface area contributed by atoms with E-state index in [0.717, 1.165) is 0 Å². The highest BCUT2D eigenvalue weighted by Crippen LogP contribution is 2.61. The molecule has 0 heterocycles. The van der Waals surface area contributed by atoms with Gasteiger partial charge in [-0.25, -0.2) is 0 Å². The predicted molar refractivity (Wildman–Crippen MR) is 121 cm³/mol. The second kappa shape index (κ2) is 8.35. The maximum absolute atomic E-state index is 14.4. The van der Waals surface area contributed by atoms with Gasteiger partial charge in [0, 0.05) is 21.2 Å². The minimum absolute atomic E-state index is 0.512. The van der Waals surface area contributed by atoms with Crippen LogP contribution in [0.5, 0.6) is 0 Å². The molecular formula is C24H20O3P2. The van der Waals surface area contributed by atoms with Crippen molar-refractivity contribution in [3.8, 4) is 0 Å². The highest BCUT2D eigenvalue weighted by atomic mass is 31.2. The Morgan fingerprint density at radius 3 is 0.793 bits per heavy atom. The fourth-order valence-electron chi connectivity index (χ4n) is 3.15. The van der Waals surface area contributed by atoms with Crippen molar-refractivity contribution >= 4 is 36.0 Å². The van der Waals surface area contributed by atoms with Gasteiger partial charge in [0.15, 0.2) is 0 Å². The first-order valence-electron chi connectivity index (χ1n) is 9.27. The highest BCUT2D eigenvalue weighted by Gasteiger charge is 2.40. The van der Waals surface area contributed by atoms with E-state index in [-0.39, 0.29) is 0 Å². The summed E-state index contributed by atoms with van der Waals surface area (Å²) in [5.41, 5.74) is 0. The third-order valence-corrected chi connectivity index (χ3v) is 10.4. The fraction of sp³-hybridized carbons (Fsp3) is 0. The van der Waals surface area contributed by atoms with Gasteiger partial charge in [0.25, 0.3) is 14.7 Å². The van der Waals surface area contributed by atoms with Gasteiger partial charge in [-0.3, -0.25) is 13.4 Å². The molecule has 0 fully saturated rings. The second-order valence-electron chi connectivity index (χ2n) is 6.53. The maximum Gasteiger partial charge on any atom is 0.267 e. The zero-order valence-electron chi connectivity index (χ0n) is 15.7. The van der Waals surface area contributed by atoms with Crippen LogP contribution >= 0.6 is 14.7 Å². The lowest BCUT2D eigenvalue weighted by Gasteiger charge is -2.26. The zero-order chi connectivity index (χ0) is 20.2. The van der Waals surface area contributed by atoms with E-state index in [4.69, 9.17) is 4.31 Å². The van der Waals surface area contributed by atoms with E-state index in [2.05, 4.69) is 0 Å². The molecule has 0 spiro atoms. The number of benzene rings is 4. The molecule has 0 aliphatic rings. The molecule has 0 bridgehead atoms. The minimum Gasteiger partial charge on any atom is -0.282 e. The molecule has 4 aromatic rings. The Morgan fingerprint density at radius 1 is 0.379 bits per heavy atom. The molecule has 144 valence electrons. The van der Waals surface area contributed by atoms with E-state index in [1.54, 1.807) is 48.5 Å². The van der Waals surface area contributed by atoms with Crippen LogP contribution in [-0.2, 0) is 13.4 Å². The van der Waals surface area contributed by atoms with E-state index in [0.29, 0.717) is 21.2 Å². The van der Waals surface area contributed by atoms with Crippen molar-refractivity contribution in [3.63, 3.8) is 0 Å². The van der Waals surface area contributed by atoms with E-state index in [9.17, 15) is 9.13 Å². The molecule has 0 N–H and O–H groups in total. The van der Waals surface area contributed by atoms with Crippen LogP contribution in [0.25, 0.3) is 0 Å². The maximum atomic E-state index is 14.4. The Hall–Kier alpha value is -2.70. The lowest BCUT2D eigenvalue weighted by Crippen LogP contribution is -2.23. The van der Waals surface area contributed by atoms with Gasteiger partial charge in [-0.2, -0.15) is 0 Å². The molecule has 4 rings (SSSR count). The van der Waals surface area contributed by atoms with Crippen molar-refractivity contribution in [3.05, 3.63) is 121 Å². The summed E-state index contributed by atoms with van der Waals surface area (Å²) in [4.78, 5) is 0. The van der Waals surface area contributed by atoms with E-state index < -0.39 is 14.7 Å². The van der Waals surface area contributed by atoms with Crippen molar-refractivity contribution in [1.29, 1.82) is 0 Å². The standard InChI is InChI=1S/C24H20O3P2/c25-28(21-13-5-1-6-14-21,22-15-7-2-8-16-22)27-29(26,23-17-9-3-10-18-23)24-19-11-4-12-20-24/h1-20H. The third kappa shape index (κ3) is 3.91. The topological polar surface area (TPSA) is 43.4 Å². The Bertz CT molecular complexity index is 980. The van der Waals surface area contributed by atoms with Crippen LogP contribution in [0.15, 0.2) is 121 Å². The first kappa shape index (κ1) is 19.6. The largest absolute Gasteiger partial charge is 0.282 e. The summed E-state index contributed by atoms with van der Waals surface area (Å²) in [5, 5.41) is 2.05. The lowest BCUT2D eigenvalue weighted by molar-refractivity contribution is 0.485. The van der Waals surface area contributed by atoms with Crippen molar-refractivity contribution < 1.29 is 13.4 Å². The van der Waals surface area contributed by atoms with Crippen molar-refractivity contribution in [2.24, 2.45) is 0 Å². The molecular weight excluding hydrogens is 398 g/mol. The SMILES string of the molecule is O=P(OP(=O)(c1ccccc1)c1ccccc1)(c1ccccc1)c1ccccc1. The molecule has 0 unspecified atom stereocenters. The minimum atomic E-state index is -3.64. The number of hydrogen-bond donors (Lipinski definition) is 0. The summed E-state index contributed by atoms with van der Waals surface area (Å²) in [5.74, 6) is 0. The second-order valence-corrected chi connectivity index (χ2v) is 11.5. The van der Waals surface area contributed by atoms with Crippen LogP contribution in [0, 0.1) is 0 Å². The van der Waals surface area contributed by atoms with E-state index >= 15 is 0 Å². The van der Waals surface area contributed by atoms with Gasteiger partial charge in [0.2, 0.25) is 0 Å². The van der Waals surface area contributed by atoms with Crippen molar-refractivity contribution in [2.45, 2.75) is 0 Å². The Morgan fingerprint density at radius 2 is 0.586 bits per heavy atom. The molecule has 0 aliphatic heterocycles. The van der Waals surface area contributed by atoms with Gasteiger partial charge < -0.3 is 0 Å². The molecule has 0 radical (unpaired) electrons. The highest BCUT2D eigenvalue weighted by molar-refractivity contribution is 7.86. The summed E-state index contributed by atoms with van der Waals surface area (Å²) in [7, 11) is -7.28. The molecule has 0 aliphatic carbocycles. The number of rotatable bonds is 6. The summed E-state index contributed by atoms with van der Waals surface area (Å²) in [6.07, 6.45) is 0. The lowest BCUT2D eigenvalue weighted by atomic mass is 10.4. The van der Waals surface area contributed by atoms with E-state index in [1.807, 2.05) is 72.8 Å². The first-order chi connectivity index (χ1) is 14.1. The van der Waals surface area contributed by atoms with Crippen LogP contribution in [0.4, 0.5) is 0 Å². The van der Waals surface area contributed by atoms with Crippen molar-refractivity contribution in [1.82, 2.24) is 0 Å². The smallest absolute Gasteiger partial charge is 0.267 e. The van der Waals surface area contributed by atoms with Gasteiger partial charge in [-0.15, -0.1) is 0 Å². The summed E-state index contributed by atoms with van der Waals surface area (Å²) >= 11 is 0. The number of hydrogen-bond acceptors (Lipinski definition) is 3. The average molecular weight is 418 g/mol. The van der Waals surface area contributed by atoms with Gasteiger partial charge in [-0.05, 0) is 48.5 Å².